The molecule has 3 aromatic heterocycles. The Morgan fingerprint density at radius 2 is 2.39 bits per heavy atom. The van der Waals surface area contributed by atoms with E-state index in [1.807, 2.05) is 0 Å². The van der Waals surface area contributed by atoms with E-state index in [9.17, 15) is 4.39 Å². The standard InChI is InChI=1S/C13H13BrFN7O/c14-10-11(7-3-17-18-4-7)16-6-22-12(10)20-13(21-22)19-9-1-2-23-5-8(9)15/h3-4,6,8-9H,1-2,5H2,(H,17,18)(H,19,21)/t8-,9+/m1/s1. The number of hydrogen-bond donors (Lipinski definition) is 2. The fraction of sp³-hybridized carbons (Fsp3) is 0.385. The van der Waals surface area contributed by atoms with Crippen LogP contribution >= 0.6 is 15.9 Å². The molecule has 3 aromatic rings. The van der Waals surface area contributed by atoms with Crippen LogP contribution in [0.2, 0.25) is 0 Å². The molecule has 0 bridgehead atoms. The SMILES string of the molecule is F[C@@H]1COCC[C@@H]1Nc1nc2c(Br)c(-c3cn[nH]c3)ncn2n1. The Balaban J connectivity index is 1.66. The largest absolute Gasteiger partial charge is 0.378 e. The molecule has 1 saturated heterocycles. The zero-order valence-electron chi connectivity index (χ0n) is 11.9. The summed E-state index contributed by atoms with van der Waals surface area (Å²) in [5.41, 5.74) is 2.14. The van der Waals surface area contributed by atoms with Gasteiger partial charge >= 0.3 is 0 Å². The first-order valence-electron chi connectivity index (χ1n) is 7.11. The maximum atomic E-state index is 13.8. The van der Waals surface area contributed by atoms with Crippen LogP contribution in [0.5, 0.6) is 0 Å². The lowest BCUT2D eigenvalue weighted by molar-refractivity contribution is 0.0284. The van der Waals surface area contributed by atoms with Crippen molar-refractivity contribution in [2.24, 2.45) is 0 Å². The van der Waals surface area contributed by atoms with E-state index in [0.717, 1.165) is 5.56 Å². The van der Waals surface area contributed by atoms with E-state index in [1.54, 1.807) is 23.2 Å². The van der Waals surface area contributed by atoms with E-state index in [0.29, 0.717) is 34.8 Å². The molecule has 0 radical (unpaired) electrons. The van der Waals surface area contributed by atoms with E-state index < -0.39 is 6.17 Å². The first-order chi connectivity index (χ1) is 11.2. The highest BCUT2D eigenvalue weighted by atomic mass is 79.9. The highest BCUT2D eigenvalue weighted by Gasteiger charge is 2.26. The summed E-state index contributed by atoms with van der Waals surface area (Å²) < 4.78 is 21.2. The average Bonchev–Trinajstić information content (AvgIpc) is 3.19. The highest BCUT2D eigenvalue weighted by Crippen LogP contribution is 2.28. The Kier molecular flexibility index (Phi) is 3.69. The summed E-state index contributed by atoms with van der Waals surface area (Å²) in [6.45, 7) is 0.627. The minimum absolute atomic E-state index is 0.0981. The Hall–Kier alpha value is -2.07. The van der Waals surface area contributed by atoms with Crippen LogP contribution in [0, 0.1) is 0 Å². The number of nitrogens with zero attached hydrogens (tertiary/aromatic N) is 5. The van der Waals surface area contributed by atoms with Gasteiger partial charge in [0.2, 0.25) is 5.95 Å². The fourth-order valence-corrected chi connectivity index (χ4v) is 3.10. The van der Waals surface area contributed by atoms with Gasteiger partial charge < -0.3 is 10.1 Å². The van der Waals surface area contributed by atoms with Gasteiger partial charge in [0.1, 0.15) is 12.5 Å². The van der Waals surface area contributed by atoms with Crippen molar-refractivity contribution in [3.05, 3.63) is 23.2 Å². The molecule has 1 fully saturated rings. The molecule has 2 atom stereocenters. The second kappa shape index (κ2) is 5.85. The molecule has 4 heterocycles. The molecule has 1 aliphatic heterocycles. The van der Waals surface area contributed by atoms with E-state index in [1.165, 1.54) is 0 Å². The molecule has 2 N–H and O–H groups in total. The minimum atomic E-state index is -1.07. The monoisotopic (exact) mass is 381 g/mol. The minimum Gasteiger partial charge on any atom is -0.378 e. The smallest absolute Gasteiger partial charge is 0.243 e. The van der Waals surface area contributed by atoms with Gasteiger partial charge in [0, 0.05) is 18.4 Å². The Morgan fingerprint density at radius 3 is 3.17 bits per heavy atom. The van der Waals surface area contributed by atoms with Crippen LogP contribution in [0.1, 0.15) is 6.42 Å². The summed E-state index contributed by atoms with van der Waals surface area (Å²) in [7, 11) is 0. The Labute approximate surface area is 138 Å². The van der Waals surface area contributed by atoms with Crippen molar-refractivity contribution in [1.29, 1.82) is 0 Å². The van der Waals surface area contributed by atoms with Crippen molar-refractivity contribution in [3.63, 3.8) is 0 Å². The van der Waals surface area contributed by atoms with Crippen LogP contribution in [-0.4, -0.2) is 55.2 Å². The van der Waals surface area contributed by atoms with Crippen LogP contribution in [-0.2, 0) is 4.74 Å². The van der Waals surface area contributed by atoms with Gasteiger partial charge in [0.05, 0.1) is 29.0 Å². The predicted molar refractivity (Wildman–Crippen MR) is 83.8 cm³/mol. The van der Waals surface area contributed by atoms with Gasteiger partial charge in [0.25, 0.3) is 0 Å². The lowest BCUT2D eigenvalue weighted by atomic mass is 10.1. The molecule has 0 saturated carbocycles. The fourth-order valence-electron chi connectivity index (χ4n) is 2.50. The molecule has 0 amide bonds. The van der Waals surface area contributed by atoms with Gasteiger partial charge in [-0.3, -0.25) is 5.10 Å². The molecular weight excluding hydrogens is 369 g/mol. The molecule has 0 unspecified atom stereocenters. The molecule has 0 spiro atoms. The summed E-state index contributed by atoms with van der Waals surface area (Å²) in [5, 5.41) is 14.0. The molecule has 120 valence electrons. The second-order valence-electron chi connectivity index (χ2n) is 5.23. The molecule has 4 rings (SSSR count). The first-order valence-corrected chi connectivity index (χ1v) is 7.90. The van der Waals surface area contributed by atoms with Crippen molar-refractivity contribution in [3.8, 4) is 11.3 Å². The summed E-state index contributed by atoms with van der Waals surface area (Å²) in [6, 6.07) is -0.346. The number of anilines is 1. The number of nitrogens with one attached hydrogen (secondary N) is 2. The van der Waals surface area contributed by atoms with Crippen molar-refractivity contribution < 1.29 is 9.13 Å². The number of aromatic nitrogens is 6. The maximum absolute atomic E-state index is 13.8. The second-order valence-corrected chi connectivity index (χ2v) is 6.02. The number of fused-ring (bicyclic) bond motifs is 1. The molecule has 1 aliphatic rings. The average molecular weight is 382 g/mol. The maximum Gasteiger partial charge on any atom is 0.243 e. The predicted octanol–water partition coefficient (Wildman–Crippen LogP) is 1.82. The molecular formula is C13H13BrFN7O. The topological polar surface area (TPSA) is 93.0 Å². The van der Waals surface area contributed by atoms with E-state index in [-0.39, 0.29) is 12.6 Å². The van der Waals surface area contributed by atoms with Gasteiger partial charge in [-0.1, -0.05) is 0 Å². The number of hydrogen-bond acceptors (Lipinski definition) is 6. The van der Waals surface area contributed by atoms with Crippen molar-refractivity contribution in [1.82, 2.24) is 29.8 Å². The first kappa shape index (κ1) is 14.5. The lowest BCUT2D eigenvalue weighted by Crippen LogP contribution is -2.39. The van der Waals surface area contributed by atoms with Crippen molar-refractivity contribution in [2.75, 3.05) is 18.5 Å². The van der Waals surface area contributed by atoms with Gasteiger partial charge in [0.15, 0.2) is 5.65 Å². The number of alkyl halides is 1. The van der Waals surface area contributed by atoms with Crippen LogP contribution in [0.4, 0.5) is 10.3 Å². The van der Waals surface area contributed by atoms with Crippen molar-refractivity contribution in [2.45, 2.75) is 18.6 Å². The summed E-state index contributed by atoms with van der Waals surface area (Å²) in [4.78, 5) is 8.78. The number of H-pyrrole nitrogens is 1. The normalized spacial score (nSPS) is 21.7. The quantitative estimate of drug-likeness (QED) is 0.718. The van der Waals surface area contributed by atoms with Crippen molar-refractivity contribution >= 4 is 27.5 Å². The van der Waals surface area contributed by atoms with E-state index in [4.69, 9.17) is 4.74 Å². The molecule has 10 heteroatoms. The Morgan fingerprint density at radius 1 is 1.48 bits per heavy atom. The van der Waals surface area contributed by atoms with Gasteiger partial charge in [-0.2, -0.15) is 14.6 Å². The summed E-state index contributed by atoms with van der Waals surface area (Å²) in [5.74, 6) is 0.367. The van der Waals surface area contributed by atoms with Crippen LogP contribution in [0.25, 0.3) is 16.9 Å². The zero-order valence-corrected chi connectivity index (χ0v) is 13.5. The highest BCUT2D eigenvalue weighted by molar-refractivity contribution is 9.10. The zero-order chi connectivity index (χ0) is 15.8. The molecule has 0 aliphatic carbocycles. The third-order valence-corrected chi connectivity index (χ3v) is 4.43. The lowest BCUT2D eigenvalue weighted by Gasteiger charge is -2.26. The summed E-state index contributed by atoms with van der Waals surface area (Å²) >= 11 is 3.50. The molecule has 23 heavy (non-hydrogen) atoms. The number of ether oxygens (including phenoxy) is 1. The molecule has 0 aromatic carbocycles. The van der Waals surface area contributed by atoms with Crippen LogP contribution in [0.3, 0.4) is 0 Å². The Bertz CT molecular complexity index is 821. The van der Waals surface area contributed by atoms with E-state index in [2.05, 4.69) is 46.5 Å². The van der Waals surface area contributed by atoms with Gasteiger partial charge in [-0.25, -0.2) is 9.37 Å². The third kappa shape index (κ3) is 2.68. The van der Waals surface area contributed by atoms with Crippen LogP contribution < -0.4 is 5.32 Å². The van der Waals surface area contributed by atoms with Gasteiger partial charge in [-0.15, -0.1) is 5.10 Å². The number of rotatable bonds is 3. The van der Waals surface area contributed by atoms with E-state index >= 15 is 0 Å². The number of halogens is 2. The molecule has 8 nitrogen and oxygen atoms in total. The third-order valence-electron chi connectivity index (χ3n) is 3.70. The van der Waals surface area contributed by atoms with Crippen LogP contribution in [0.15, 0.2) is 23.2 Å². The summed E-state index contributed by atoms with van der Waals surface area (Å²) in [6.07, 6.45) is 4.50. The van der Waals surface area contributed by atoms with Gasteiger partial charge in [-0.05, 0) is 22.4 Å². The number of aromatic amines is 1.